The number of rotatable bonds is 0. The minimum absolute atomic E-state index is 0. The maximum Gasteiger partial charge on any atom is 1.00 e. The van der Waals surface area contributed by atoms with E-state index in [1.165, 1.54) is 0 Å². The normalized spacial score (nSPS) is 7.33. The zero-order chi connectivity index (χ0) is 7.21. The van der Waals surface area contributed by atoms with Crippen LogP contribution in [0.5, 0.6) is 0 Å². The summed E-state index contributed by atoms with van der Waals surface area (Å²) >= 11 is 0. The van der Waals surface area contributed by atoms with Crippen LogP contribution in [0, 0.1) is 0 Å². The fourth-order valence-corrected chi connectivity index (χ4v) is 0. The van der Waals surface area contributed by atoms with Crippen molar-refractivity contribution < 1.29 is 79.9 Å². The first-order valence-corrected chi connectivity index (χ1v) is 2.50. The molecule has 0 saturated carbocycles. The number of carbonyl (C=O) groups excluding carboxylic acids is 2. The minimum Gasteiger partial charge on any atom is -1.00 e. The summed E-state index contributed by atoms with van der Waals surface area (Å²) < 4.78 is 31.6. The monoisotopic (exact) mass is 182 g/mol. The van der Waals surface area contributed by atoms with Crippen molar-refractivity contribution in [3.63, 3.8) is 0 Å². The van der Waals surface area contributed by atoms with Crippen LogP contribution < -0.4 is 51.4 Å². The number of hydrogen-bond acceptors (Lipinski definition) is 4. The first-order valence-electron chi connectivity index (χ1n) is 1.11. The van der Waals surface area contributed by atoms with Gasteiger partial charge in [0.15, 0.2) is 0 Å². The van der Waals surface area contributed by atoms with E-state index in [0.29, 0.717) is 0 Å². The molecule has 0 aromatic heterocycles. The maximum atomic E-state index is 8.74. The van der Waals surface area contributed by atoms with E-state index >= 15 is 0 Å². The largest absolute Gasteiger partial charge is 1.00 e. The molecule has 8 heteroatoms. The summed E-state index contributed by atoms with van der Waals surface area (Å²) in [6.45, 7) is 0. The van der Waals surface area contributed by atoms with Gasteiger partial charge in [-0.1, -0.05) is 0 Å². The zero-order valence-corrected chi connectivity index (χ0v) is 8.38. The van der Waals surface area contributed by atoms with Gasteiger partial charge >= 0.3 is 67.9 Å². The van der Waals surface area contributed by atoms with Crippen LogP contribution in [0.25, 0.3) is 0 Å². The van der Waals surface area contributed by atoms with Gasteiger partial charge in [0, 0.05) is 0 Å². The number of hydrogen-bond donors (Lipinski definition) is 2. The summed E-state index contributed by atoms with van der Waals surface area (Å²) in [6.07, 6.45) is 0.250. The van der Waals surface area contributed by atoms with Gasteiger partial charge < -0.3 is 1.43 Å². The van der Waals surface area contributed by atoms with Crippen molar-refractivity contribution in [2.45, 2.75) is 0 Å². The molecular weight excluding hydrogens is 179 g/mol. The van der Waals surface area contributed by atoms with Gasteiger partial charge in [0.1, 0.15) is 0 Å². The van der Waals surface area contributed by atoms with Gasteiger partial charge in [-0.25, -0.2) is 0 Å². The van der Waals surface area contributed by atoms with Crippen LogP contribution in [-0.4, -0.2) is 23.7 Å². The predicted octanol–water partition coefficient (Wildman–Crippen LogP) is -4.12. The Kier molecular flexibility index (Phi) is 16.3. The molecule has 0 aliphatic rings. The molecule has 0 aliphatic carbocycles. The van der Waals surface area contributed by atoms with Crippen LogP contribution in [0.3, 0.4) is 0 Å². The first kappa shape index (κ1) is 16.5. The molecule has 0 saturated heterocycles. The van der Waals surface area contributed by atoms with Crippen molar-refractivity contribution in [1.82, 2.24) is 0 Å². The van der Waals surface area contributed by atoms with Gasteiger partial charge in [0.05, 0.1) is 0 Å². The van der Waals surface area contributed by atoms with E-state index in [1.807, 2.05) is 0 Å². The van der Waals surface area contributed by atoms with Crippen LogP contribution in [0.15, 0.2) is 0 Å². The van der Waals surface area contributed by atoms with Crippen molar-refractivity contribution >= 4 is 16.6 Å². The Labute approximate surface area is 95.1 Å². The molecule has 0 rings (SSSR count). The Hall–Kier alpha value is 0.886. The van der Waals surface area contributed by atoms with E-state index in [4.69, 9.17) is 27.1 Å². The fourth-order valence-electron chi connectivity index (χ4n) is 0. The van der Waals surface area contributed by atoms with E-state index < -0.39 is 10.4 Å². The standard InChI is InChI=1S/CO2.K.H2O4S.H/c2-1-3;;1-5(2,3)4;/h;;(H2,1,2,3,4);/q;+1;;-1. The van der Waals surface area contributed by atoms with Crippen LogP contribution in [0.4, 0.5) is 0 Å². The molecular formula is CH3KO6S. The molecule has 50 valence electrons. The topological polar surface area (TPSA) is 109 Å². The van der Waals surface area contributed by atoms with E-state index in [-0.39, 0.29) is 59.0 Å². The van der Waals surface area contributed by atoms with E-state index in [1.54, 1.807) is 0 Å². The third kappa shape index (κ3) is 536. The van der Waals surface area contributed by atoms with Gasteiger partial charge in [-0.05, 0) is 0 Å². The Bertz CT molecular complexity index is 158. The van der Waals surface area contributed by atoms with E-state index in [9.17, 15) is 0 Å². The SMILES string of the molecule is O=C=O.O=S(=O)(O)O.[H-].[K+]. The molecule has 0 heterocycles. The smallest absolute Gasteiger partial charge is 1.00 e. The molecule has 0 unspecified atom stereocenters. The van der Waals surface area contributed by atoms with Crippen molar-refractivity contribution in [3.05, 3.63) is 0 Å². The fraction of sp³-hybridized carbons (Fsp3) is 0. The molecule has 2 N–H and O–H groups in total. The van der Waals surface area contributed by atoms with Crippen molar-refractivity contribution in [3.8, 4) is 0 Å². The maximum absolute atomic E-state index is 8.74. The third-order valence-electron chi connectivity index (χ3n) is 0. The molecule has 0 radical (unpaired) electrons. The van der Waals surface area contributed by atoms with Gasteiger partial charge in [-0.15, -0.1) is 0 Å². The summed E-state index contributed by atoms with van der Waals surface area (Å²) in [5, 5.41) is 0. The summed E-state index contributed by atoms with van der Waals surface area (Å²) in [5.41, 5.74) is 0. The van der Waals surface area contributed by atoms with Crippen molar-refractivity contribution in [1.29, 1.82) is 0 Å². The van der Waals surface area contributed by atoms with Gasteiger partial charge in [-0.3, -0.25) is 9.11 Å². The average Bonchev–Trinajstić information content (AvgIpc) is 1.27. The third-order valence-corrected chi connectivity index (χ3v) is 0. The predicted molar refractivity (Wildman–Crippen MR) is 20.3 cm³/mol. The van der Waals surface area contributed by atoms with Gasteiger partial charge in [0.25, 0.3) is 0 Å². The quantitative estimate of drug-likeness (QED) is 0.291. The molecule has 6 nitrogen and oxygen atoms in total. The van der Waals surface area contributed by atoms with Crippen LogP contribution >= 0.6 is 0 Å². The van der Waals surface area contributed by atoms with Crippen LogP contribution in [0.1, 0.15) is 1.43 Å². The van der Waals surface area contributed by atoms with Crippen LogP contribution in [-0.2, 0) is 20.0 Å². The Balaban J connectivity index is -0.0000000326. The summed E-state index contributed by atoms with van der Waals surface area (Å²) in [5.74, 6) is 0. The summed E-state index contributed by atoms with van der Waals surface area (Å²) in [4.78, 5) is 16.2. The molecule has 0 aromatic rings. The second-order valence-corrected chi connectivity index (χ2v) is 1.43. The summed E-state index contributed by atoms with van der Waals surface area (Å²) in [6, 6.07) is 0. The Morgan fingerprint density at radius 2 is 1.22 bits per heavy atom. The molecule has 0 fully saturated rings. The Morgan fingerprint density at radius 3 is 1.22 bits per heavy atom. The minimum atomic E-state index is -4.67. The molecule has 0 amide bonds. The van der Waals surface area contributed by atoms with Gasteiger partial charge in [0.2, 0.25) is 0 Å². The van der Waals surface area contributed by atoms with E-state index in [2.05, 4.69) is 0 Å². The molecule has 0 aromatic carbocycles. The average molecular weight is 182 g/mol. The molecule has 0 atom stereocenters. The molecule has 0 aliphatic heterocycles. The Morgan fingerprint density at radius 1 is 1.22 bits per heavy atom. The van der Waals surface area contributed by atoms with Crippen molar-refractivity contribution in [2.75, 3.05) is 0 Å². The van der Waals surface area contributed by atoms with Crippen molar-refractivity contribution in [2.24, 2.45) is 0 Å². The van der Waals surface area contributed by atoms with Crippen LogP contribution in [0.2, 0.25) is 0 Å². The molecule has 9 heavy (non-hydrogen) atoms. The summed E-state index contributed by atoms with van der Waals surface area (Å²) in [7, 11) is -4.67. The first-order chi connectivity index (χ1) is 3.41. The molecule has 0 bridgehead atoms. The zero-order valence-electron chi connectivity index (χ0n) is 5.44. The second-order valence-electron chi connectivity index (χ2n) is 0.531. The second kappa shape index (κ2) is 8.89. The van der Waals surface area contributed by atoms with E-state index in [0.717, 1.165) is 0 Å². The molecule has 0 spiro atoms. The van der Waals surface area contributed by atoms with Gasteiger partial charge in [-0.2, -0.15) is 18.0 Å².